The maximum absolute atomic E-state index is 10.9. The molecule has 2 aromatic heterocycles. The van der Waals surface area contributed by atoms with Crippen molar-refractivity contribution >= 4 is 28.8 Å². The third kappa shape index (κ3) is 3.19. The number of nitrogens with zero attached hydrogens (tertiary/aromatic N) is 4. The number of thioether (sulfide) groups is 1. The first-order valence-corrected chi connectivity index (χ1v) is 8.65. The first-order valence-electron chi connectivity index (χ1n) is 6.78. The standard InChI is InChI=1S/C14H13N5O3S2/c1-22-11-5-4-10(19(20)21)7-9(11)8-24-14-17-16-13(18(14)15)12-3-2-6-23-12/h2-7H,8,15H2,1H3. The minimum absolute atomic E-state index is 0.0138. The second-order valence-electron chi connectivity index (χ2n) is 4.70. The summed E-state index contributed by atoms with van der Waals surface area (Å²) in [5, 5.41) is 21.6. The SMILES string of the molecule is COc1ccc([N+](=O)[O-])cc1CSc1nnc(-c2cccs2)n1N. The van der Waals surface area contributed by atoms with Crippen molar-refractivity contribution in [2.24, 2.45) is 0 Å². The second kappa shape index (κ2) is 6.89. The van der Waals surface area contributed by atoms with Crippen LogP contribution in [0, 0.1) is 10.1 Å². The van der Waals surface area contributed by atoms with Gasteiger partial charge >= 0.3 is 0 Å². The monoisotopic (exact) mass is 363 g/mol. The highest BCUT2D eigenvalue weighted by molar-refractivity contribution is 7.98. The molecule has 0 aliphatic rings. The molecule has 0 unspecified atom stereocenters. The van der Waals surface area contributed by atoms with Crippen LogP contribution in [0.4, 0.5) is 5.69 Å². The number of benzene rings is 1. The van der Waals surface area contributed by atoms with Gasteiger partial charge in [0.05, 0.1) is 16.9 Å². The summed E-state index contributed by atoms with van der Waals surface area (Å²) in [4.78, 5) is 11.4. The Labute approximate surface area is 145 Å². The van der Waals surface area contributed by atoms with Gasteiger partial charge in [-0.25, -0.2) is 4.68 Å². The van der Waals surface area contributed by atoms with E-state index in [1.807, 2.05) is 17.5 Å². The molecule has 1 aromatic carbocycles. The average molecular weight is 363 g/mol. The molecule has 3 rings (SSSR count). The predicted octanol–water partition coefficient (Wildman–Crippen LogP) is 2.93. The molecule has 0 spiro atoms. The lowest BCUT2D eigenvalue weighted by atomic mass is 10.2. The normalized spacial score (nSPS) is 10.7. The van der Waals surface area contributed by atoms with E-state index >= 15 is 0 Å². The fourth-order valence-corrected chi connectivity index (χ4v) is 3.62. The lowest BCUT2D eigenvalue weighted by molar-refractivity contribution is -0.384. The molecule has 0 fully saturated rings. The van der Waals surface area contributed by atoms with Gasteiger partial charge in [-0.05, 0) is 17.5 Å². The lowest BCUT2D eigenvalue weighted by Gasteiger charge is -2.08. The summed E-state index contributed by atoms with van der Waals surface area (Å²) in [5.74, 6) is 7.63. The van der Waals surface area contributed by atoms with Crippen molar-refractivity contribution in [2.75, 3.05) is 13.0 Å². The van der Waals surface area contributed by atoms with Crippen molar-refractivity contribution in [3.05, 3.63) is 51.4 Å². The summed E-state index contributed by atoms with van der Waals surface area (Å²) in [5.41, 5.74) is 0.706. The van der Waals surface area contributed by atoms with Gasteiger partial charge in [-0.15, -0.1) is 21.5 Å². The summed E-state index contributed by atoms with van der Waals surface area (Å²) in [6.07, 6.45) is 0. The number of methoxy groups -OCH3 is 1. The number of aromatic nitrogens is 3. The largest absolute Gasteiger partial charge is 0.496 e. The molecule has 3 aromatic rings. The van der Waals surface area contributed by atoms with Crippen molar-refractivity contribution in [3.63, 3.8) is 0 Å². The van der Waals surface area contributed by atoms with Gasteiger partial charge in [0.1, 0.15) is 5.75 Å². The van der Waals surface area contributed by atoms with Gasteiger partial charge in [0.25, 0.3) is 5.69 Å². The molecule has 0 saturated heterocycles. The number of ether oxygens (including phenoxy) is 1. The van der Waals surface area contributed by atoms with E-state index in [1.54, 1.807) is 6.07 Å². The highest BCUT2D eigenvalue weighted by atomic mass is 32.2. The van der Waals surface area contributed by atoms with Crippen LogP contribution in [0.2, 0.25) is 0 Å². The smallest absolute Gasteiger partial charge is 0.270 e. The van der Waals surface area contributed by atoms with Crippen LogP contribution in [0.3, 0.4) is 0 Å². The number of thiophene rings is 1. The van der Waals surface area contributed by atoms with E-state index in [9.17, 15) is 10.1 Å². The zero-order valence-electron chi connectivity index (χ0n) is 12.6. The molecule has 10 heteroatoms. The van der Waals surface area contributed by atoms with Crippen molar-refractivity contribution in [1.82, 2.24) is 14.9 Å². The predicted molar refractivity (Wildman–Crippen MR) is 92.7 cm³/mol. The fourth-order valence-electron chi connectivity index (χ4n) is 2.08. The number of nitrogens with two attached hydrogens (primary N) is 1. The van der Waals surface area contributed by atoms with E-state index in [4.69, 9.17) is 10.6 Å². The van der Waals surface area contributed by atoms with Crippen LogP contribution in [0.25, 0.3) is 10.7 Å². The van der Waals surface area contributed by atoms with Gasteiger partial charge in [0.2, 0.25) is 5.16 Å². The maximum atomic E-state index is 10.9. The van der Waals surface area contributed by atoms with Crippen molar-refractivity contribution in [2.45, 2.75) is 10.9 Å². The van der Waals surface area contributed by atoms with Crippen molar-refractivity contribution in [1.29, 1.82) is 0 Å². The van der Waals surface area contributed by atoms with E-state index in [0.29, 0.717) is 28.0 Å². The van der Waals surface area contributed by atoms with Crippen molar-refractivity contribution < 1.29 is 9.66 Å². The van der Waals surface area contributed by atoms with Gasteiger partial charge in [-0.2, -0.15) is 0 Å². The molecule has 0 radical (unpaired) electrons. The average Bonchev–Trinajstić information content (AvgIpc) is 3.22. The molecule has 2 heterocycles. The van der Waals surface area contributed by atoms with Gasteiger partial charge in [-0.3, -0.25) is 10.1 Å². The quantitative estimate of drug-likeness (QED) is 0.310. The van der Waals surface area contributed by atoms with E-state index in [1.165, 1.54) is 47.0 Å². The Morgan fingerprint density at radius 1 is 1.42 bits per heavy atom. The summed E-state index contributed by atoms with van der Waals surface area (Å²) >= 11 is 2.86. The minimum Gasteiger partial charge on any atom is -0.496 e. The zero-order chi connectivity index (χ0) is 17.1. The van der Waals surface area contributed by atoms with Gasteiger partial charge in [0.15, 0.2) is 5.82 Å². The lowest BCUT2D eigenvalue weighted by Crippen LogP contribution is -2.11. The van der Waals surface area contributed by atoms with E-state index in [2.05, 4.69) is 10.2 Å². The molecule has 0 aliphatic heterocycles. The van der Waals surface area contributed by atoms with Gasteiger partial charge in [0, 0.05) is 23.4 Å². The molecule has 0 saturated carbocycles. The van der Waals surface area contributed by atoms with Gasteiger partial charge < -0.3 is 10.6 Å². The molecule has 0 atom stereocenters. The first kappa shape index (κ1) is 16.3. The van der Waals surface area contributed by atoms with Crippen LogP contribution in [0.5, 0.6) is 5.75 Å². The Bertz CT molecular complexity index is 863. The zero-order valence-corrected chi connectivity index (χ0v) is 14.2. The highest BCUT2D eigenvalue weighted by Gasteiger charge is 2.16. The topological polar surface area (TPSA) is 109 Å². The third-order valence-electron chi connectivity index (χ3n) is 3.24. The molecule has 0 aliphatic carbocycles. The highest BCUT2D eigenvalue weighted by Crippen LogP contribution is 2.31. The van der Waals surface area contributed by atoms with Crippen LogP contribution in [0.1, 0.15) is 5.56 Å². The number of nitro benzene ring substituents is 1. The number of non-ortho nitro benzene ring substituents is 1. The Balaban J connectivity index is 1.81. The Morgan fingerprint density at radius 2 is 2.25 bits per heavy atom. The van der Waals surface area contributed by atoms with Crippen LogP contribution in [-0.2, 0) is 5.75 Å². The minimum atomic E-state index is -0.437. The molecule has 8 nitrogen and oxygen atoms in total. The van der Waals surface area contributed by atoms with Crippen LogP contribution in [-0.4, -0.2) is 26.9 Å². The van der Waals surface area contributed by atoms with Crippen LogP contribution < -0.4 is 10.6 Å². The summed E-state index contributed by atoms with van der Waals surface area (Å²) < 4.78 is 6.67. The van der Waals surface area contributed by atoms with E-state index in [0.717, 1.165) is 4.88 Å². The Morgan fingerprint density at radius 3 is 2.92 bits per heavy atom. The molecule has 2 N–H and O–H groups in total. The molecular formula is C14H13N5O3S2. The number of nitrogen functional groups attached to an aromatic ring is 1. The number of hydrogen-bond donors (Lipinski definition) is 1. The number of nitro groups is 1. The second-order valence-corrected chi connectivity index (χ2v) is 6.59. The molecule has 24 heavy (non-hydrogen) atoms. The van der Waals surface area contributed by atoms with E-state index in [-0.39, 0.29) is 5.69 Å². The maximum Gasteiger partial charge on any atom is 0.270 e. The molecular weight excluding hydrogens is 350 g/mol. The van der Waals surface area contributed by atoms with E-state index < -0.39 is 4.92 Å². The summed E-state index contributed by atoms with van der Waals surface area (Å²) in [6, 6.07) is 8.31. The van der Waals surface area contributed by atoms with Crippen molar-refractivity contribution in [3.8, 4) is 16.5 Å². The molecule has 0 amide bonds. The fraction of sp³-hybridized carbons (Fsp3) is 0.143. The Kier molecular flexibility index (Phi) is 4.67. The number of rotatable bonds is 6. The molecule has 0 bridgehead atoms. The summed E-state index contributed by atoms with van der Waals surface area (Å²) in [6.45, 7) is 0. The third-order valence-corrected chi connectivity index (χ3v) is 5.10. The molecule has 124 valence electrons. The number of hydrogen-bond acceptors (Lipinski definition) is 8. The Hall–Kier alpha value is -2.59. The summed E-state index contributed by atoms with van der Waals surface area (Å²) in [7, 11) is 1.52. The van der Waals surface area contributed by atoms with Gasteiger partial charge in [-0.1, -0.05) is 17.8 Å². The first-order chi connectivity index (χ1) is 11.6. The van der Waals surface area contributed by atoms with Crippen LogP contribution in [0.15, 0.2) is 40.9 Å². The van der Waals surface area contributed by atoms with Crippen LogP contribution >= 0.6 is 23.1 Å².